The summed E-state index contributed by atoms with van der Waals surface area (Å²) in [5, 5.41) is 23.6. The second-order valence-corrected chi connectivity index (χ2v) is 18.6. The number of likely N-dealkylation sites (tertiary alicyclic amines) is 2. The number of ether oxygens (including phenoxy) is 2. The second-order valence-electron chi connectivity index (χ2n) is 16.4. The molecule has 0 aliphatic carbocycles. The Balaban J connectivity index is 0.902. The van der Waals surface area contributed by atoms with E-state index in [0.717, 1.165) is 63.4 Å². The highest BCUT2D eigenvalue weighted by Gasteiger charge is 2.32. The number of aromatic nitrogens is 4. The van der Waals surface area contributed by atoms with Crippen LogP contribution in [0.15, 0.2) is 118 Å². The molecule has 72 heavy (non-hydrogen) atoms. The van der Waals surface area contributed by atoms with Gasteiger partial charge < -0.3 is 48.4 Å². The fourth-order valence-electron chi connectivity index (χ4n) is 7.59. The van der Waals surface area contributed by atoms with Crippen LogP contribution in [0.5, 0.6) is 11.5 Å². The molecule has 4 heterocycles. The Labute approximate surface area is 425 Å². The summed E-state index contributed by atoms with van der Waals surface area (Å²) in [5.74, 6) is 2.12. The van der Waals surface area contributed by atoms with Gasteiger partial charge in [0.25, 0.3) is 0 Å². The highest BCUT2D eigenvalue weighted by molar-refractivity contribution is 7.98. The van der Waals surface area contributed by atoms with Gasteiger partial charge in [0.15, 0.2) is 0 Å². The number of urea groups is 2. The van der Waals surface area contributed by atoms with E-state index >= 15 is 0 Å². The van der Waals surface area contributed by atoms with E-state index in [9.17, 15) is 19.2 Å². The molecule has 0 saturated carbocycles. The summed E-state index contributed by atoms with van der Waals surface area (Å²) in [6, 6.07) is 29.9. The number of nitrogens with zero attached hydrogens (tertiary/aromatic N) is 8. The quantitative estimate of drug-likeness (QED) is 0.0388. The summed E-state index contributed by atoms with van der Waals surface area (Å²) in [6.07, 6.45) is 4.28. The van der Waals surface area contributed by atoms with Crippen molar-refractivity contribution in [2.75, 3.05) is 87.2 Å². The molecular weight excluding hydrogens is 965 g/mol. The normalized spacial score (nSPS) is 13.6. The summed E-state index contributed by atoms with van der Waals surface area (Å²) in [7, 11) is 0. The van der Waals surface area contributed by atoms with Gasteiger partial charge in [0, 0.05) is 48.8 Å². The van der Waals surface area contributed by atoms with Gasteiger partial charge in [-0.15, -0.1) is 54.0 Å². The lowest BCUT2D eigenvalue weighted by molar-refractivity contribution is -0.168. The van der Waals surface area contributed by atoms with E-state index in [1.807, 2.05) is 60.7 Å². The number of para-hydroxylation sites is 2. The Hall–Kier alpha value is -7.14. The molecule has 2 saturated heterocycles. The van der Waals surface area contributed by atoms with Crippen LogP contribution in [0.2, 0.25) is 0 Å². The molecule has 6 aromatic rings. The Morgan fingerprint density at radius 2 is 0.917 bits per heavy atom. The summed E-state index contributed by atoms with van der Waals surface area (Å²) < 4.78 is 23.3. The van der Waals surface area contributed by atoms with Crippen LogP contribution in [0.1, 0.15) is 37.5 Å². The molecule has 4 amide bonds. The van der Waals surface area contributed by atoms with Gasteiger partial charge in [-0.3, -0.25) is 0 Å². The van der Waals surface area contributed by atoms with E-state index in [1.54, 1.807) is 47.8 Å². The van der Waals surface area contributed by atoms with E-state index < -0.39 is 24.0 Å². The monoisotopic (exact) mass is 1020 g/mol. The molecule has 20 nitrogen and oxygen atoms in total. The van der Waals surface area contributed by atoms with Gasteiger partial charge >= 0.3 is 24.0 Å². The maximum atomic E-state index is 13.7. The molecule has 2 aliphatic heterocycles. The zero-order valence-corrected chi connectivity index (χ0v) is 41.2. The van der Waals surface area contributed by atoms with Crippen LogP contribution in [0, 0.1) is 0 Å². The third-order valence-corrected chi connectivity index (χ3v) is 13.1. The van der Waals surface area contributed by atoms with Crippen molar-refractivity contribution in [3.8, 4) is 34.4 Å². The van der Waals surface area contributed by atoms with E-state index in [2.05, 4.69) is 40.8 Å². The molecule has 2 N–H and O–H groups in total. The third-order valence-electron chi connectivity index (χ3n) is 11.3. The van der Waals surface area contributed by atoms with Crippen LogP contribution < -0.4 is 30.2 Å². The van der Waals surface area contributed by atoms with E-state index in [1.165, 1.54) is 24.3 Å². The van der Waals surface area contributed by atoms with Crippen LogP contribution in [-0.2, 0) is 30.8 Å². The van der Waals surface area contributed by atoms with Gasteiger partial charge in [-0.05, 0) is 125 Å². The van der Waals surface area contributed by atoms with Crippen molar-refractivity contribution >= 4 is 58.9 Å². The second kappa shape index (κ2) is 26.9. The minimum absolute atomic E-state index is 0.0965. The molecule has 2 fully saturated rings. The molecule has 0 radical (unpaired) electrons. The summed E-state index contributed by atoms with van der Waals surface area (Å²) in [6.45, 7) is 6.31. The van der Waals surface area contributed by atoms with E-state index in [4.69, 9.17) is 28.0 Å². The van der Waals surface area contributed by atoms with E-state index in [-0.39, 0.29) is 36.2 Å². The Morgan fingerprint density at radius 3 is 1.31 bits per heavy atom. The Kier molecular flexibility index (Phi) is 19.1. The third kappa shape index (κ3) is 15.4. The van der Waals surface area contributed by atoms with Crippen molar-refractivity contribution in [1.29, 1.82) is 0 Å². The Morgan fingerprint density at radius 1 is 0.528 bits per heavy atom. The zero-order chi connectivity index (χ0) is 49.7. The molecule has 0 unspecified atom stereocenters. The van der Waals surface area contributed by atoms with Crippen molar-refractivity contribution in [3.05, 3.63) is 121 Å². The molecule has 22 heteroatoms. The SMILES string of the molecule is O=C(ON(C(=O)NCCN1CCCC1)c1ccc(-c2nnc(CSCCOc3ccccc3)o2)cc1)C(=O)ON(C(=O)NCCN1CCCC1)c1ccc(-c2nnc(CSCCOc3ccccc3)o2)cc1. The predicted octanol–water partition coefficient (Wildman–Crippen LogP) is 7.25. The largest absolute Gasteiger partial charge is 0.493 e. The van der Waals surface area contributed by atoms with Crippen LogP contribution in [0.4, 0.5) is 21.0 Å². The van der Waals surface area contributed by atoms with Gasteiger partial charge in [-0.2, -0.15) is 0 Å². The van der Waals surface area contributed by atoms with E-state index in [0.29, 0.717) is 82.3 Å². The number of anilines is 2. The average Bonchev–Trinajstić information content (AvgIpc) is 4.28. The standard InChI is InChI=1S/C50H56N10O10S2/c61-47(69-59(49(63)51-23-29-57-25-7-8-26-57)39-19-15-37(16-20-39)45-55-53-43(67-45)35-71-33-31-65-41-11-3-1-4-12-41)48(62)70-60(50(64)52-24-30-58-27-9-10-28-58)40-21-17-38(18-22-40)46-56-54-44(68-46)36-72-34-32-66-42-13-5-2-6-14-42/h1-6,11-22H,7-10,23-36H2,(H,51,63)(H,52,64). The molecule has 2 aromatic heterocycles. The molecule has 378 valence electrons. The van der Waals surface area contributed by atoms with Crippen molar-refractivity contribution < 1.29 is 47.2 Å². The first-order valence-electron chi connectivity index (χ1n) is 23.8. The molecule has 4 aromatic carbocycles. The fraction of sp³-hybridized carbons (Fsp3) is 0.360. The maximum absolute atomic E-state index is 13.7. The first-order chi connectivity index (χ1) is 35.3. The van der Waals surface area contributed by atoms with Crippen LogP contribution in [-0.4, -0.2) is 131 Å². The van der Waals surface area contributed by atoms with Crippen molar-refractivity contribution in [1.82, 2.24) is 40.8 Å². The van der Waals surface area contributed by atoms with Gasteiger partial charge in [-0.1, -0.05) is 36.4 Å². The molecular formula is C50H56N10O10S2. The highest BCUT2D eigenvalue weighted by Crippen LogP contribution is 2.27. The highest BCUT2D eigenvalue weighted by atomic mass is 32.2. The minimum atomic E-state index is -1.57. The number of carbonyl (C=O) groups excluding carboxylic acids is 4. The van der Waals surface area contributed by atoms with Crippen molar-refractivity contribution in [2.45, 2.75) is 37.2 Å². The number of carbonyl (C=O) groups is 4. The lowest BCUT2D eigenvalue weighted by Gasteiger charge is -2.24. The molecule has 8 rings (SSSR count). The fourth-order valence-corrected chi connectivity index (χ4v) is 8.86. The van der Waals surface area contributed by atoms with Crippen molar-refractivity contribution in [3.63, 3.8) is 0 Å². The molecule has 0 bridgehead atoms. The number of hydrogen-bond acceptors (Lipinski definition) is 18. The average molecular weight is 1020 g/mol. The number of thioether (sulfide) groups is 2. The molecule has 0 spiro atoms. The predicted molar refractivity (Wildman–Crippen MR) is 271 cm³/mol. The van der Waals surface area contributed by atoms with Crippen LogP contribution >= 0.6 is 23.5 Å². The number of rotatable bonds is 22. The smallest absolute Gasteiger partial charge is 0.444 e. The number of hydrogen-bond donors (Lipinski definition) is 2. The summed E-state index contributed by atoms with van der Waals surface area (Å²) in [5.41, 5.74) is 1.26. The lowest BCUT2D eigenvalue weighted by atomic mass is 10.2. The van der Waals surface area contributed by atoms with Gasteiger partial charge in [0.05, 0.1) is 36.1 Å². The number of benzene rings is 4. The maximum Gasteiger partial charge on any atom is 0.444 e. The van der Waals surface area contributed by atoms with Gasteiger partial charge in [-0.25, -0.2) is 19.2 Å². The van der Waals surface area contributed by atoms with Crippen LogP contribution in [0.25, 0.3) is 22.9 Å². The Bertz CT molecular complexity index is 2450. The summed E-state index contributed by atoms with van der Waals surface area (Å²) in [4.78, 5) is 70.1. The van der Waals surface area contributed by atoms with Gasteiger partial charge in [0.2, 0.25) is 23.6 Å². The summed E-state index contributed by atoms with van der Waals surface area (Å²) >= 11 is 3.16. The zero-order valence-electron chi connectivity index (χ0n) is 39.6. The first kappa shape index (κ1) is 51.2. The number of hydroxylamine groups is 2. The minimum Gasteiger partial charge on any atom is -0.493 e. The molecule has 0 atom stereocenters. The topological polar surface area (TPSA) is 220 Å². The number of amides is 4. The van der Waals surface area contributed by atoms with Crippen molar-refractivity contribution in [2.24, 2.45) is 0 Å². The van der Waals surface area contributed by atoms with Gasteiger partial charge in [0.1, 0.15) is 11.5 Å². The molecule has 2 aliphatic rings. The van der Waals surface area contributed by atoms with Crippen LogP contribution in [0.3, 0.4) is 0 Å². The number of nitrogens with one attached hydrogen (secondary N) is 2. The first-order valence-corrected chi connectivity index (χ1v) is 26.1. The lowest BCUT2D eigenvalue weighted by Crippen LogP contribution is -2.47.